The van der Waals surface area contributed by atoms with Crippen molar-refractivity contribution in [3.63, 3.8) is 0 Å². The topological polar surface area (TPSA) is 9.23 Å². The molecule has 1 saturated carbocycles. The second-order valence-corrected chi connectivity index (χ2v) is 2.95. The molecule has 1 aliphatic rings. The highest BCUT2D eigenvalue weighted by molar-refractivity contribution is 4.89. The highest BCUT2D eigenvalue weighted by Crippen LogP contribution is 2.25. The Hall–Kier alpha value is -0.680. The molecule has 0 saturated heterocycles. The van der Waals surface area contributed by atoms with Gasteiger partial charge in [-0.2, -0.15) is 0 Å². The maximum atomic E-state index is 5.03. The molecule has 1 aliphatic carbocycles. The quantitative estimate of drug-likeness (QED) is 0.446. The van der Waals surface area contributed by atoms with Crippen molar-refractivity contribution in [2.45, 2.75) is 32.6 Å². The number of ether oxygens (including phenoxy) is 1. The lowest BCUT2D eigenvalue weighted by Gasteiger charge is -1.95. The molecule has 11 heavy (non-hydrogen) atoms. The van der Waals surface area contributed by atoms with Gasteiger partial charge in [0.2, 0.25) is 0 Å². The standard InChI is InChI=1S/C10H16O/c1-2-11-9-5-8-10-6-3-4-7-10/h8-10H,2-4,6-7H2,1H3. The number of rotatable bonds is 3. The van der Waals surface area contributed by atoms with Crippen LogP contribution in [0, 0.1) is 5.92 Å². The van der Waals surface area contributed by atoms with Crippen LogP contribution in [0.5, 0.6) is 0 Å². The molecule has 0 amide bonds. The van der Waals surface area contributed by atoms with Gasteiger partial charge in [-0.05, 0) is 31.8 Å². The molecule has 0 aliphatic heterocycles. The lowest BCUT2D eigenvalue weighted by molar-refractivity contribution is 0.270. The number of allylic oxidation sites excluding steroid dienone is 1. The summed E-state index contributed by atoms with van der Waals surface area (Å²) in [7, 11) is 0. The third kappa shape index (κ3) is 3.29. The Morgan fingerprint density at radius 1 is 1.45 bits per heavy atom. The fourth-order valence-electron chi connectivity index (χ4n) is 1.43. The molecule has 0 atom stereocenters. The average Bonchev–Trinajstić information content (AvgIpc) is 2.50. The van der Waals surface area contributed by atoms with Crippen molar-refractivity contribution in [3.05, 3.63) is 18.1 Å². The Morgan fingerprint density at radius 3 is 2.82 bits per heavy atom. The summed E-state index contributed by atoms with van der Waals surface area (Å²) in [4.78, 5) is 0. The molecule has 0 aromatic heterocycles. The zero-order chi connectivity index (χ0) is 7.94. The van der Waals surface area contributed by atoms with E-state index in [2.05, 4.69) is 11.8 Å². The van der Waals surface area contributed by atoms with Crippen molar-refractivity contribution in [2.24, 2.45) is 5.92 Å². The summed E-state index contributed by atoms with van der Waals surface area (Å²) in [6.45, 7) is 2.72. The van der Waals surface area contributed by atoms with E-state index in [1.165, 1.54) is 25.7 Å². The Labute approximate surface area is 68.8 Å². The lowest BCUT2D eigenvalue weighted by Crippen LogP contribution is -1.83. The molecule has 62 valence electrons. The Kier molecular flexibility index (Phi) is 3.85. The Bertz CT molecular complexity index is 148. The minimum absolute atomic E-state index is 0.742. The summed E-state index contributed by atoms with van der Waals surface area (Å²) in [6.07, 6.45) is 9.26. The van der Waals surface area contributed by atoms with Crippen LogP contribution in [-0.4, -0.2) is 6.61 Å². The molecule has 0 aromatic carbocycles. The van der Waals surface area contributed by atoms with Crippen molar-refractivity contribution < 1.29 is 4.74 Å². The number of hydrogen-bond donors (Lipinski definition) is 0. The van der Waals surface area contributed by atoms with E-state index in [0.717, 1.165) is 12.5 Å². The van der Waals surface area contributed by atoms with Gasteiger partial charge < -0.3 is 4.74 Å². The first-order valence-corrected chi connectivity index (χ1v) is 4.46. The predicted octanol–water partition coefficient (Wildman–Crippen LogP) is 2.88. The smallest absolute Gasteiger partial charge is 0.125 e. The van der Waals surface area contributed by atoms with E-state index >= 15 is 0 Å². The Morgan fingerprint density at radius 2 is 2.18 bits per heavy atom. The van der Waals surface area contributed by atoms with Gasteiger partial charge in [-0.3, -0.25) is 0 Å². The van der Waals surface area contributed by atoms with Crippen LogP contribution in [0.3, 0.4) is 0 Å². The first kappa shape index (κ1) is 8.42. The molecule has 0 heterocycles. The molecule has 0 bridgehead atoms. The van der Waals surface area contributed by atoms with E-state index < -0.39 is 0 Å². The summed E-state index contributed by atoms with van der Waals surface area (Å²) in [5.74, 6) is 0.770. The van der Waals surface area contributed by atoms with Crippen LogP contribution in [0.2, 0.25) is 0 Å². The average molecular weight is 152 g/mol. The minimum atomic E-state index is 0.742. The van der Waals surface area contributed by atoms with Gasteiger partial charge in [-0.25, -0.2) is 0 Å². The van der Waals surface area contributed by atoms with Gasteiger partial charge in [0.1, 0.15) is 6.26 Å². The SMILES string of the molecule is CCOC=C=CC1CCCC1. The van der Waals surface area contributed by atoms with E-state index in [9.17, 15) is 0 Å². The third-order valence-corrected chi connectivity index (χ3v) is 2.05. The molecule has 1 fully saturated rings. The molecular formula is C10H16O. The second-order valence-electron chi connectivity index (χ2n) is 2.95. The molecule has 1 rings (SSSR count). The molecule has 0 radical (unpaired) electrons. The van der Waals surface area contributed by atoms with Crippen LogP contribution in [0.1, 0.15) is 32.6 Å². The molecule has 0 unspecified atom stereocenters. The van der Waals surface area contributed by atoms with E-state index in [0.29, 0.717) is 0 Å². The van der Waals surface area contributed by atoms with Gasteiger partial charge in [0.05, 0.1) is 6.61 Å². The monoisotopic (exact) mass is 152 g/mol. The van der Waals surface area contributed by atoms with E-state index in [4.69, 9.17) is 4.74 Å². The zero-order valence-electron chi connectivity index (χ0n) is 7.18. The Balaban J connectivity index is 2.21. The van der Waals surface area contributed by atoms with E-state index in [1.54, 1.807) is 6.26 Å². The van der Waals surface area contributed by atoms with Gasteiger partial charge in [0.15, 0.2) is 0 Å². The van der Waals surface area contributed by atoms with Crippen LogP contribution in [0.25, 0.3) is 0 Å². The predicted molar refractivity (Wildman–Crippen MR) is 46.2 cm³/mol. The van der Waals surface area contributed by atoms with Gasteiger partial charge >= 0.3 is 0 Å². The first-order chi connectivity index (χ1) is 5.43. The van der Waals surface area contributed by atoms with Crippen molar-refractivity contribution in [1.82, 2.24) is 0 Å². The summed E-state index contributed by atoms with van der Waals surface area (Å²) < 4.78 is 5.03. The van der Waals surface area contributed by atoms with Crippen LogP contribution in [0.15, 0.2) is 18.1 Å². The van der Waals surface area contributed by atoms with Gasteiger partial charge in [-0.15, -0.1) is 0 Å². The number of hydrogen-bond acceptors (Lipinski definition) is 1. The molecule has 1 heteroatoms. The summed E-state index contributed by atoms with van der Waals surface area (Å²) in [5.41, 5.74) is 3.06. The molecular weight excluding hydrogens is 136 g/mol. The molecule has 0 N–H and O–H groups in total. The minimum Gasteiger partial charge on any atom is -0.493 e. The second kappa shape index (κ2) is 5.03. The fourth-order valence-corrected chi connectivity index (χ4v) is 1.43. The highest BCUT2D eigenvalue weighted by atomic mass is 16.5. The van der Waals surface area contributed by atoms with Gasteiger partial charge in [-0.1, -0.05) is 18.6 Å². The first-order valence-electron chi connectivity index (χ1n) is 4.46. The molecule has 1 nitrogen and oxygen atoms in total. The van der Waals surface area contributed by atoms with Crippen LogP contribution in [0.4, 0.5) is 0 Å². The van der Waals surface area contributed by atoms with Crippen molar-refractivity contribution in [1.29, 1.82) is 0 Å². The maximum Gasteiger partial charge on any atom is 0.125 e. The van der Waals surface area contributed by atoms with E-state index in [-0.39, 0.29) is 0 Å². The highest BCUT2D eigenvalue weighted by Gasteiger charge is 2.10. The van der Waals surface area contributed by atoms with Crippen LogP contribution >= 0.6 is 0 Å². The summed E-state index contributed by atoms with van der Waals surface area (Å²) in [6, 6.07) is 0. The largest absolute Gasteiger partial charge is 0.493 e. The van der Waals surface area contributed by atoms with Crippen LogP contribution in [-0.2, 0) is 4.74 Å². The van der Waals surface area contributed by atoms with Crippen LogP contribution < -0.4 is 0 Å². The summed E-state index contributed by atoms with van der Waals surface area (Å²) in [5, 5.41) is 0. The van der Waals surface area contributed by atoms with Crippen molar-refractivity contribution in [3.8, 4) is 0 Å². The normalized spacial score (nSPS) is 17.5. The maximum absolute atomic E-state index is 5.03. The van der Waals surface area contributed by atoms with Gasteiger partial charge in [0, 0.05) is 0 Å². The van der Waals surface area contributed by atoms with Crippen molar-refractivity contribution in [2.75, 3.05) is 6.61 Å². The third-order valence-electron chi connectivity index (χ3n) is 2.05. The zero-order valence-corrected chi connectivity index (χ0v) is 7.18. The van der Waals surface area contributed by atoms with E-state index in [1.807, 2.05) is 6.92 Å². The van der Waals surface area contributed by atoms with Gasteiger partial charge in [0.25, 0.3) is 0 Å². The molecule has 0 spiro atoms. The summed E-state index contributed by atoms with van der Waals surface area (Å²) >= 11 is 0. The molecule has 0 aromatic rings. The fraction of sp³-hybridized carbons (Fsp3) is 0.700. The lowest BCUT2D eigenvalue weighted by atomic mass is 10.1. The van der Waals surface area contributed by atoms with Crippen molar-refractivity contribution >= 4 is 0 Å².